The fraction of sp³-hybridized carbons (Fsp3) is 0.455. The molecule has 5 nitrogen and oxygen atoms in total. The van der Waals surface area contributed by atoms with Crippen LogP contribution in [0.3, 0.4) is 0 Å². The first kappa shape index (κ1) is 21.1. The third-order valence-corrected chi connectivity index (χ3v) is 4.32. The second-order valence-corrected chi connectivity index (χ2v) is 7.42. The van der Waals surface area contributed by atoms with Crippen LogP contribution in [0.25, 0.3) is 0 Å². The molecule has 0 heterocycles. The van der Waals surface area contributed by atoms with Crippen LogP contribution < -0.4 is 14.2 Å². The van der Waals surface area contributed by atoms with Crippen molar-refractivity contribution in [1.29, 1.82) is 0 Å². The number of benzene rings is 2. The Labute approximate surface area is 161 Å². The molecule has 148 valence electrons. The van der Waals surface area contributed by atoms with Crippen LogP contribution in [0.4, 0.5) is 0 Å². The van der Waals surface area contributed by atoms with Gasteiger partial charge in [-0.05, 0) is 35.2 Å². The highest BCUT2D eigenvalue weighted by molar-refractivity contribution is 5.46. The van der Waals surface area contributed by atoms with E-state index in [1.807, 2.05) is 12.1 Å². The lowest BCUT2D eigenvalue weighted by Crippen LogP contribution is -2.11. The lowest BCUT2D eigenvalue weighted by atomic mass is 9.87. The van der Waals surface area contributed by atoms with Crippen LogP contribution in [0.2, 0.25) is 0 Å². The second kappa shape index (κ2) is 9.62. The van der Waals surface area contributed by atoms with E-state index in [4.69, 9.17) is 14.2 Å². The number of rotatable bonds is 9. The van der Waals surface area contributed by atoms with Gasteiger partial charge in [-0.2, -0.15) is 0 Å². The van der Waals surface area contributed by atoms with Gasteiger partial charge in [0.1, 0.15) is 17.2 Å². The lowest BCUT2D eigenvalue weighted by molar-refractivity contribution is 0.225. The SMILES string of the molecule is COc1cc(CO)c(OCCCOc2ccc(C(C)(C)C)cc2)c(CO)c1. The molecule has 2 aromatic carbocycles. The third kappa shape index (κ3) is 5.88. The molecule has 2 N–H and O–H groups in total. The Morgan fingerprint density at radius 1 is 0.815 bits per heavy atom. The molecule has 0 aliphatic rings. The molecule has 2 aromatic rings. The van der Waals surface area contributed by atoms with Gasteiger partial charge in [0.2, 0.25) is 0 Å². The summed E-state index contributed by atoms with van der Waals surface area (Å²) in [5.41, 5.74) is 2.58. The zero-order chi connectivity index (χ0) is 19.9. The summed E-state index contributed by atoms with van der Waals surface area (Å²) in [5, 5.41) is 19.1. The first-order chi connectivity index (χ1) is 12.9. The predicted octanol–water partition coefficient (Wildman–Crippen LogP) is 3.83. The van der Waals surface area contributed by atoms with E-state index >= 15 is 0 Å². The minimum Gasteiger partial charge on any atom is -0.497 e. The van der Waals surface area contributed by atoms with Gasteiger partial charge < -0.3 is 24.4 Å². The molecule has 0 radical (unpaired) electrons. The molecule has 0 fully saturated rings. The standard InChI is InChI=1S/C22H30O5/c1-22(2,3)18-6-8-19(9-7-18)26-10-5-11-27-21-16(14-23)12-20(25-4)13-17(21)15-24/h6-9,12-13,23-24H,5,10-11,14-15H2,1-4H3. The topological polar surface area (TPSA) is 68.2 Å². The van der Waals surface area contributed by atoms with E-state index in [9.17, 15) is 10.2 Å². The molecule has 0 aliphatic carbocycles. The van der Waals surface area contributed by atoms with Crippen LogP contribution in [-0.2, 0) is 18.6 Å². The summed E-state index contributed by atoms with van der Waals surface area (Å²) in [6.45, 7) is 7.12. The summed E-state index contributed by atoms with van der Waals surface area (Å²) in [5.74, 6) is 1.92. The number of aliphatic hydroxyl groups is 2. The molecule has 0 unspecified atom stereocenters. The fourth-order valence-corrected chi connectivity index (χ4v) is 2.73. The van der Waals surface area contributed by atoms with E-state index in [0.717, 1.165) is 5.75 Å². The molecule has 0 aliphatic heterocycles. The summed E-state index contributed by atoms with van der Waals surface area (Å²) in [6, 6.07) is 11.6. The summed E-state index contributed by atoms with van der Waals surface area (Å²) in [4.78, 5) is 0. The van der Waals surface area contributed by atoms with Crippen LogP contribution in [0, 0.1) is 0 Å². The van der Waals surface area contributed by atoms with Gasteiger partial charge in [-0.1, -0.05) is 32.9 Å². The van der Waals surface area contributed by atoms with E-state index in [-0.39, 0.29) is 18.6 Å². The van der Waals surface area contributed by atoms with Gasteiger partial charge in [-0.25, -0.2) is 0 Å². The minimum absolute atomic E-state index is 0.125. The number of hydrogen-bond acceptors (Lipinski definition) is 5. The Balaban J connectivity index is 1.86. The van der Waals surface area contributed by atoms with Crippen molar-refractivity contribution in [2.24, 2.45) is 0 Å². The normalized spacial score (nSPS) is 11.3. The van der Waals surface area contributed by atoms with Gasteiger partial charge in [0.25, 0.3) is 0 Å². The number of hydrogen-bond donors (Lipinski definition) is 2. The van der Waals surface area contributed by atoms with Crippen molar-refractivity contribution >= 4 is 0 Å². The Kier molecular flexibility index (Phi) is 7.51. The lowest BCUT2D eigenvalue weighted by Gasteiger charge is -2.19. The molecule has 0 amide bonds. The van der Waals surface area contributed by atoms with Crippen LogP contribution in [-0.4, -0.2) is 30.5 Å². The molecule has 27 heavy (non-hydrogen) atoms. The van der Waals surface area contributed by atoms with Gasteiger partial charge >= 0.3 is 0 Å². The van der Waals surface area contributed by atoms with Crippen LogP contribution >= 0.6 is 0 Å². The van der Waals surface area contributed by atoms with Crippen molar-refractivity contribution in [3.8, 4) is 17.2 Å². The average molecular weight is 374 g/mol. The average Bonchev–Trinajstić information content (AvgIpc) is 2.67. The quantitative estimate of drug-likeness (QED) is 0.653. The molecular weight excluding hydrogens is 344 g/mol. The van der Waals surface area contributed by atoms with Gasteiger partial charge in [0.05, 0.1) is 33.5 Å². The maximum Gasteiger partial charge on any atom is 0.130 e. The highest BCUT2D eigenvalue weighted by atomic mass is 16.5. The molecule has 0 saturated carbocycles. The maximum absolute atomic E-state index is 9.55. The summed E-state index contributed by atoms with van der Waals surface area (Å²) >= 11 is 0. The maximum atomic E-state index is 9.55. The van der Waals surface area contributed by atoms with Crippen molar-refractivity contribution < 1.29 is 24.4 Å². The molecule has 0 aromatic heterocycles. The number of ether oxygens (including phenoxy) is 3. The zero-order valence-corrected chi connectivity index (χ0v) is 16.6. The van der Waals surface area contributed by atoms with E-state index in [1.54, 1.807) is 19.2 Å². The molecule has 0 atom stereocenters. The minimum atomic E-state index is -0.184. The van der Waals surface area contributed by atoms with E-state index < -0.39 is 0 Å². The molecular formula is C22H30O5. The first-order valence-electron chi connectivity index (χ1n) is 9.16. The van der Waals surface area contributed by atoms with E-state index in [2.05, 4.69) is 32.9 Å². The molecule has 0 bridgehead atoms. The zero-order valence-electron chi connectivity index (χ0n) is 16.6. The number of aliphatic hydroxyl groups excluding tert-OH is 2. The van der Waals surface area contributed by atoms with Crippen molar-refractivity contribution in [2.45, 2.75) is 45.8 Å². The fourth-order valence-electron chi connectivity index (χ4n) is 2.73. The predicted molar refractivity (Wildman–Crippen MR) is 106 cm³/mol. The van der Waals surface area contributed by atoms with Gasteiger partial charge in [-0.15, -0.1) is 0 Å². The molecule has 2 rings (SSSR count). The Morgan fingerprint density at radius 3 is 1.85 bits per heavy atom. The van der Waals surface area contributed by atoms with Gasteiger partial charge in [-0.3, -0.25) is 0 Å². The Morgan fingerprint density at radius 2 is 1.37 bits per heavy atom. The Bertz CT molecular complexity index is 691. The van der Waals surface area contributed by atoms with Gasteiger partial charge in [0, 0.05) is 17.5 Å². The summed E-state index contributed by atoms with van der Waals surface area (Å²) < 4.78 is 16.7. The summed E-state index contributed by atoms with van der Waals surface area (Å²) in [6.07, 6.45) is 0.683. The molecule has 0 saturated heterocycles. The van der Waals surface area contributed by atoms with Crippen LogP contribution in [0.1, 0.15) is 43.9 Å². The first-order valence-corrected chi connectivity index (χ1v) is 9.16. The largest absolute Gasteiger partial charge is 0.497 e. The smallest absolute Gasteiger partial charge is 0.130 e. The van der Waals surface area contributed by atoms with Crippen molar-refractivity contribution in [3.63, 3.8) is 0 Å². The monoisotopic (exact) mass is 374 g/mol. The second-order valence-electron chi connectivity index (χ2n) is 7.42. The van der Waals surface area contributed by atoms with Crippen molar-refractivity contribution in [1.82, 2.24) is 0 Å². The van der Waals surface area contributed by atoms with E-state index in [0.29, 0.717) is 42.3 Å². The van der Waals surface area contributed by atoms with E-state index in [1.165, 1.54) is 5.56 Å². The van der Waals surface area contributed by atoms with Gasteiger partial charge in [0.15, 0.2) is 0 Å². The van der Waals surface area contributed by atoms with Crippen molar-refractivity contribution in [3.05, 3.63) is 53.1 Å². The van der Waals surface area contributed by atoms with Crippen LogP contribution in [0.5, 0.6) is 17.2 Å². The highest BCUT2D eigenvalue weighted by Crippen LogP contribution is 2.30. The summed E-state index contributed by atoms with van der Waals surface area (Å²) in [7, 11) is 1.55. The molecule has 0 spiro atoms. The molecule has 5 heteroatoms. The number of methoxy groups -OCH3 is 1. The van der Waals surface area contributed by atoms with Crippen molar-refractivity contribution in [2.75, 3.05) is 20.3 Å². The Hall–Kier alpha value is -2.24. The highest BCUT2D eigenvalue weighted by Gasteiger charge is 2.13. The van der Waals surface area contributed by atoms with Crippen LogP contribution in [0.15, 0.2) is 36.4 Å². The third-order valence-electron chi connectivity index (χ3n) is 4.32.